The zero-order valence-electron chi connectivity index (χ0n) is 10.4. The zero-order chi connectivity index (χ0) is 13.8. The lowest BCUT2D eigenvalue weighted by molar-refractivity contribution is 0.543. The molecule has 0 aromatic heterocycles. The molecule has 0 aliphatic rings. The van der Waals surface area contributed by atoms with E-state index in [1.54, 1.807) is 18.2 Å². The van der Waals surface area contributed by atoms with Gasteiger partial charge in [-0.05, 0) is 25.5 Å². The summed E-state index contributed by atoms with van der Waals surface area (Å²) in [6, 6.07) is 4.87. The Morgan fingerprint density at radius 2 is 1.83 bits per heavy atom. The molecule has 1 rings (SSSR count). The minimum absolute atomic E-state index is 0.0822. The lowest BCUT2D eigenvalue weighted by Crippen LogP contribution is -2.33. The molecule has 0 bridgehead atoms. The Hall–Kier alpha value is -0.290. The number of hydrogen-bond acceptors (Lipinski definition) is 2. The fraction of sp³-hybridized carbons (Fsp3) is 0.500. The largest absolute Gasteiger partial charge is 0.216 e. The highest BCUT2D eigenvalue weighted by molar-refractivity contribution is 7.88. The summed E-state index contributed by atoms with van der Waals surface area (Å²) in [5.41, 5.74) is 0.442. The first kappa shape index (κ1) is 15.8. The molecule has 3 nitrogen and oxygen atoms in total. The van der Waals surface area contributed by atoms with Gasteiger partial charge in [-0.2, -0.15) is 0 Å². The van der Waals surface area contributed by atoms with Crippen LogP contribution < -0.4 is 4.72 Å². The van der Waals surface area contributed by atoms with Crippen LogP contribution in [0.15, 0.2) is 18.2 Å². The van der Waals surface area contributed by atoms with Gasteiger partial charge in [0.05, 0.1) is 5.75 Å². The standard InChI is InChI=1S/C12H17Cl2NO2S/c1-3-5-9(2)15-18(16,17)8-10-11(13)6-4-7-12(10)14/h4,6-7,9,15H,3,5,8H2,1-2H3. The Bertz CT molecular complexity index is 483. The molecule has 0 saturated carbocycles. The molecular formula is C12H17Cl2NO2S. The molecule has 102 valence electrons. The van der Waals surface area contributed by atoms with Gasteiger partial charge in [0, 0.05) is 21.7 Å². The molecule has 1 aromatic carbocycles. The Morgan fingerprint density at radius 3 is 2.33 bits per heavy atom. The average Bonchev–Trinajstić information content (AvgIpc) is 2.23. The van der Waals surface area contributed by atoms with Gasteiger partial charge in [-0.25, -0.2) is 13.1 Å². The van der Waals surface area contributed by atoms with Crippen molar-refractivity contribution in [3.63, 3.8) is 0 Å². The van der Waals surface area contributed by atoms with Gasteiger partial charge in [0.2, 0.25) is 10.0 Å². The van der Waals surface area contributed by atoms with Crippen LogP contribution in [0.5, 0.6) is 0 Å². The van der Waals surface area contributed by atoms with Gasteiger partial charge in [0.25, 0.3) is 0 Å². The maximum Gasteiger partial charge on any atom is 0.216 e. The van der Waals surface area contributed by atoms with Crippen molar-refractivity contribution < 1.29 is 8.42 Å². The van der Waals surface area contributed by atoms with E-state index in [1.807, 2.05) is 13.8 Å². The average molecular weight is 310 g/mol. The summed E-state index contributed by atoms with van der Waals surface area (Å²) in [5.74, 6) is -0.195. The van der Waals surface area contributed by atoms with Crippen molar-refractivity contribution in [2.24, 2.45) is 0 Å². The Balaban J connectivity index is 2.83. The summed E-state index contributed by atoms with van der Waals surface area (Å²) in [7, 11) is -3.42. The molecule has 0 amide bonds. The van der Waals surface area contributed by atoms with E-state index in [9.17, 15) is 8.42 Å². The first-order chi connectivity index (χ1) is 8.35. The second kappa shape index (κ2) is 6.75. The van der Waals surface area contributed by atoms with Crippen LogP contribution in [-0.2, 0) is 15.8 Å². The van der Waals surface area contributed by atoms with Crippen LogP contribution in [0.1, 0.15) is 32.3 Å². The molecule has 1 atom stereocenters. The molecule has 0 aliphatic carbocycles. The molecule has 0 aliphatic heterocycles. The second-order valence-electron chi connectivity index (χ2n) is 4.27. The van der Waals surface area contributed by atoms with Crippen molar-refractivity contribution in [1.82, 2.24) is 4.72 Å². The molecule has 1 aromatic rings. The smallest absolute Gasteiger partial charge is 0.212 e. The summed E-state index contributed by atoms with van der Waals surface area (Å²) < 4.78 is 26.5. The van der Waals surface area contributed by atoms with Crippen LogP contribution in [0.2, 0.25) is 10.0 Å². The van der Waals surface area contributed by atoms with Crippen molar-refractivity contribution >= 4 is 33.2 Å². The number of hydrogen-bond donors (Lipinski definition) is 1. The summed E-state index contributed by atoms with van der Waals surface area (Å²) in [5, 5.41) is 0.743. The quantitative estimate of drug-likeness (QED) is 0.872. The second-order valence-corrected chi connectivity index (χ2v) is 6.84. The maximum atomic E-state index is 12.0. The lowest BCUT2D eigenvalue weighted by Gasteiger charge is -2.14. The first-order valence-electron chi connectivity index (χ1n) is 5.78. The number of halogens is 2. The minimum atomic E-state index is -3.42. The maximum absolute atomic E-state index is 12.0. The predicted octanol–water partition coefficient (Wildman–Crippen LogP) is 3.60. The first-order valence-corrected chi connectivity index (χ1v) is 8.19. The van der Waals surface area contributed by atoms with Crippen molar-refractivity contribution in [3.05, 3.63) is 33.8 Å². The van der Waals surface area contributed by atoms with E-state index in [0.29, 0.717) is 15.6 Å². The third-order valence-corrected chi connectivity index (χ3v) is 4.64. The molecule has 0 saturated heterocycles. The van der Waals surface area contributed by atoms with Gasteiger partial charge in [0.1, 0.15) is 0 Å². The highest BCUT2D eigenvalue weighted by Gasteiger charge is 2.18. The van der Waals surface area contributed by atoms with Crippen LogP contribution in [0.4, 0.5) is 0 Å². The van der Waals surface area contributed by atoms with E-state index in [1.165, 1.54) is 0 Å². The molecular weight excluding hydrogens is 293 g/mol. The predicted molar refractivity (Wildman–Crippen MR) is 76.6 cm³/mol. The van der Waals surface area contributed by atoms with Crippen LogP contribution in [0.3, 0.4) is 0 Å². The SMILES string of the molecule is CCCC(C)NS(=O)(=O)Cc1c(Cl)cccc1Cl. The molecule has 0 radical (unpaired) electrons. The van der Waals surface area contributed by atoms with Gasteiger partial charge < -0.3 is 0 Å². The number of benzene rings is 1. The van der Waals surface area contributed by atoms with E-state index in [0.717, 1.165) is 12.8 Å². The third kappa shape index (κ3) is 4.76. The number of nitrogens with one attached hydrogen (secondary N) is 1. The van der Waals surface area contributed by atoms with Crippen LogP contribution >= 0.6 is 23.2 Å². The molecule has 0 heterocycles. The summed E-state index contributed by atoms with van der Waals surface area (Å²) in [6.45, 7) is 3.85. The van der Waals surface area contributed by atoms with E-state index >= 15 is 0 Å². The van der Waals surface area contributed by atoms with Gasteiger partial charge in [0.15, 0.2) is 0 Å². The topological polar surface area (TPSA) is 46.2 Å². The van der Waals surface area contributed by atoms with Crippen LogP contribution in [-0.4, -0.2) is 14.5 Å². The molecule has 18 heavy (non-hydrogen) atoms. The molecule has 1 unspecified atom stereocenters. The van der Waals surface area contributed by atoms with E-state index in [2.05, 4.69) is 4.72 Å². The molecule has 0 spiro atoms. The highest BCUT2D eigenvalue weighted by atomic mass is 35.5. The van der Waals surface area contributed by atoms with Gasteiger partial charge in [-0.1, -0.05) is 42.6 Å². The third-order valence-electron chi connectivity index (χ3n) is 2.50. The summed E-state index contributed by atoms with van der Waals surface area (Å²) >= 11 is 11.9. The summed E-state index contributed by atoms with van der Waals surface area (Å²) in [6.07, 6.45) is 1.73. The number of sulfonamides is 1. The van der Waals surface area contributed by atoms with Gasteiger partial charge in [-0.15, -0.1) is 0 Å². The minimum Gasteiger partial charge on any atom is -0.212 e. The van der Waals surface area contributed by atoms with E-state index < -0.39 is 10.0 Å². The Morgan fingerprint density at radius 1 is 1.28 bits per heavy atom. The Kier molecular flexibility index (Phi) is 5.92. The van der Waals surface area contributed by atoms with Crippen molar-refractivity contribution in [2.75, 3.05) is 0 Å². The summed E-state index contributed by atoms with van der Waals surface area (Å²) in [4.78, 5) is 0. The molecule has 6 heteroatoms. The van der Waals surface area contributed by atoms with Crippen molar-refractivity contribution in [2.45, 2.75) is 38.5 Å². The molecule has 0 fully saturated rings. The van der Waals surface area contributed by atoms with Crippen molar-refractivity contribution in [3.8, 4) is 0 Å². The van der Waals surface area contributed by atoms with E-state index in [4.69, 9.17) is 23.2 Å². The van der Waals surface area contributed by atoms with Crippen molar-refractivity contribution in [1.29, 1.82) is 0 Å². The molecule has 1 N–H and O–H groups in total. The van der Waals surface area contributed by atoms with Crippen LogP contribution in [0.25, 0.3) is 0 Å². The van der Waals surface area contributed by atoms with Gasteiger partial charge in [-0.3, -0.25) is 0 Å². The Labute approximate surface area is 119 Å². The normalized spacial score (nSPS) is 13.6. The highest BCUT2D eigenvalue weighted by Crippen LogP contribution is 2.26. The fourth-order valence-electron chi connectivity index (χ4n) is 1.70. The van der Waals surface area contributed by atoms with E-state index in [-0.39, 0.29) is 11.8 Å². The van der Waals surface area contributed by atoms with Gasteiger partial charge >= 0.3 is 0 Å². The fourth-order valence-corrected chi connectivity index (χ4v) is 3.90. The zero-order valence-corrected chi connectivity index (χ0v) is 12.7. The van der Waals surface area contributed by atoms with Crippen LogP contribution in [0, 0.1) is 0 Å². The monoisotopic (exact) mass is 309 g/mol. The number of rotatable bonds is 6. The lowest BCUT2D eigenvalue weighted by atomic mass is 10.2.